The molecule has 0 aliphatic heterocycles. The number of phenols is 1. The normalized spacial score (nSPS) is 11.2. The number of carbonyl (C=O) groups is 1. The fourth-order valence-corrected chi connectivity index (χ4v) is 3.36. The summed E-state index contributed by atoms with van der Waals surface area (Å²) in [4.78, 5) is 11.9. The lowest BCUT2D eigenvalue weighted by Gasteiger charge is -2.08. The number of hydrogen-bond acceptors (Lipinski definition) is 2. The molecule has 0 bridgehead atoms. The fourth-order valence-electron chi connectivity index (χ4n) is 3.36. The van der Waals surface area contributed by atoms with E-state index < -0.39 is 5.91 Å². The maximum Gasteiger partial charge on any atom is 0.249 e. The van der Waals surface area contributed by atoms with Crippen LogP contribution in [0.25, 0.3) is 21.8 Å². The van der Waals surface area contributed by atoms with Gasteiger partial charge < -0.3 is 15.4 Å². The number of halogens is 1. The summed E-state index contributed by atoms with van der Waals surface area (Å²) in [5.41, 5.74) is 8.17. The van der Waals surface area contributed by atoms with Gasteiger partial charge in [0.15, 0.2) is 0 Å². The molecule has 0 atom stereocenters. The van der Waals surface area contributed by atoms with Crippen molar-refractivity contribution in [2.45, 2.75) is 6.54 Å². The van der Waals surface area contributed by atoms with Gasteiger partial charge in [0, 0.05) is 17.5 Å². The SMILES string of the molecule is NC(=O)c1cccc2c1c1c(O)cccc1n2Cc1cccc(F)c1. The van der Waals surface area contributed by atoms with Crippen molar-refractivity contribution in [2.24, 2.45) is 5.73 Å². The van der Waals surface area contributed by atoms with E-state index in [0.29, 0.717) is 22.9 Å². The van der Waals surface area contributed by atoms with Gasteiger partial charge in [0.05, 0.1) is 16.4 Å². The molecule has 1 heterocycles. The smallest absolute Gasteiger partial charge is 0.249 e. The molecule has 0 spiro atoms. The van der Waals surface area contributed by atoms with E-state index >= 15 is 0 Å². The summed E-state index contributed by atoms with van der Waals surface area (Å²) in [6, 6.07) is 16.8. The summed E-state index contributed by atoms with van der Waals surface area (Å²) >= 11 is 0. The molecule has 3 N–H and O–H groups in total. The molecule has 5 heteroatoms. The number of aromatic hydroxyl groups is 1. The molecule has 1 amide bonds. The zero-order valence-electron chi connectivity index (χ0n) is 13.2. The summed E-state index contributed by atoms with van der Waals surface area (Å²) in [6.07, 6.45) is 0. The molecule has 25 heavy (non-hydrogen) atoms. The van der Waals surface area contributed by atoms with E-state index in [1.54, 1.807) is 30.3 Å². The number of phenolic OH excluding ortho intramolecular Hbond substituents is 1. The second-order valence-electron chi connectivity index (χ2n) is 5.95. The van der Waals surface area contributed by atoms with Crippen LogP contribution < -0.4 is 5.73 Å². The van der Waals surface area contributed by atoms with E-state index in [2.05, 4.69) is 0 Å². The Bertz CT molecular complexity index is 1130. The average molecular weight is 334 g/mol. The highest BCUT2D eigenvalue weighted by Gasteiger charge is 2.18. The first-order valence-corrected chi connectivity index (χ1v) is 7.83. The van der Waals surface area contributed by atoms with E-state index in [1.807, 2.05) is 22.8 Å². The molecule has 3 aromatic carbocycles. The minimum atomic E-state index is -0.557. The second-order valence-corrected chi connectivity index (χ2v) is 5.95. The Kier molecular flexibility index (Phi) is 3.42. The maximum absolute atomic E-state index is 13.5. The summed E-state index contributed by atoms with van der Waals surface area (Å²) in [5, 5.41) is 11.6. The van der Waals surface area contributed by atoms with Crippen LogP contribution in [-0.4, -0.2) is 15.6 Å². The molecule has 0 radical (unpaired) electrons. The third-order valence-corrected chi connectivity index (χ3v) is 4.39. The van der Waals surface area contributed by atoms with Gasteiger partial charge in [-0.15, -0.1) is 0 Å². The Hall–Kier alpha value is -3.34. The molecule has 0 saturated heterocycles. The number of nitrogens with two attached hydrogens (primary N) is 1. The molecule has 1 aromatic heterocycles. The van der Waals surface area contributed by atoms with Crippen molar-refractivity contribution in [3.05, 3.63) is 77.6 Å². The first kappa shape index (κ1) is 15.2. The van der Waals surface area contributed by atoms with Crippen molar-refractivity contribution in [1.29, 1.82) is 0 Å². The van der Waals surface area contributed by atoms with Crippen molar-refractivity contribution >= 4 is 27.7 Å². The molecule has 4 nitrogen and oxygen atoms in total. The monoisotopic (exact) mass is 334 g/mol. The highest BCUT2D eigenvalue weighted by Crippen LogP contribution is 2.37. The summed E-state index contributed by atoms with van der Waals surface area (Å²) < 4.78 is 15.5. The van der Waals surface area contributed by atoms with Crippen LogP contribution in [-0.2, 0) is 6.54 Å². The van der Waals surface area contributed by atoms with Crippen LogP contribution in [0.5, 0.6) is 5.75 Å². The number of aromatic nitrogens is 1. The molecule has 0 fully saturated rings. The summed E-state index contributed by atoms with van der Waals surface area (Å²) in [6.45, 7) is 0.406. The first-order valence-electron chi connectivity index (χ1n) is 7.83. The van der Waals surface area contributed by atoms with Crippen LogP contribution in [0.3, 0.4) is 0 Å². The fraction of sp³-hybridized carbons (Fsp3) is 0.0500. The minimum Gasteiger partial charge on any atom is -0.507 e. The number of carbonyl (C=O) groups excluding carboxylic acids is 1. The van der Waals surface area contributed by atoms with E-state index in [-0.39, 0.29) is 11.6 Å². The Labute approximate surface area is 142 Å². The summed E-state index contributed by atoms with van der Waals surface area (Å²) in [5.74, 6) is -0.785. The van der Waals surface area contributed by atoms with Gasteiger partial charge in [-0.05, 0) is 42.0 Å². The van der Waals surface area contributed by atoms with Gasteiger partial charge in [0.2, 0.25) is 5.91 Å². The van der Waals surface area contributed by atoms with Crippen LogP contribution in [0.15, 0.2) is 60.7 Å². The molecule has 124 valence electrons. The molecule has 4 aromatic rings. The lowest BCUT2D eigenvalue weighted by atomic mass is 10.1. The Morgan fingerprint density at radius 3 is 2.40 bits per heavy atom. The zero-order valence-corrected chi connectivity index (χ0v) is 13.2. The van der Waals surface area contributed by atoms with Gasteiger partial charge in [-0.1, -0.05) is 24.3 Å². The van der Waals surface area contributed by atoms with Crippen LogP contribution in [0, 0.1) is 5.82 Å². The van der Waals surface area contributed by atoms with Gasteiger partial charge in [-0.25, -0.2) is 4.39 Å². The van der Waals surface area contributed by atoms with Gasteiger partial charge in [0.1, 0.15) is 11.6 Å². The lowest BCUT2D eigenvalue weighted by Crippen LogP contribution is -2.11. The Morgan fingerprint density at radius 2 is 1.68 bits per heavy atom. The van der Waals surface area contributed by atoms with E-state index in [4.69, 9.17) is 5.73 Å². The topological polar surface area (TPSA) is 68.2 Å². The predicted molar refractivity (Wildman–Crippen MR) is 95.1 cm³/mol. The molecular formula is C20H15FN2O2. The zero-order chi connectivity index (χ0) is 17.6. The van der Waals surface area contributed by atoms with Gasteiger partial charge in [-0.3, -0.25) is 4.79 Å². The van der Waals surface area contributed by atoms with Crippen molar-refractivity contribution < 1.29 is 14.3 Å². The van der Waals surface area contributed by atoms with Crippen molar-refractivity contribution in [1.82, 2.24) is 4.57 Å². The molecule has 0 saturated carbocycles. The van der Waals surface area contributed by atoms with Crippen molar-refractivity contribution in [3.63, 3.8) is 0 Å². The van der Waals surface area contributed by atoms with Crippen LogP contribution >= 0.6 is 0 Å². The highest BCUT2D eigenvalue weighted by atomic mass is 19.1. The number of amides is 1. The lowest BCUT2D eigenvalue weighted by molar-refractivity contribution is 0.100. The van der Waals surface area contributed by atoms with E-state index in [1.165, 1.54) is 12.1 Å². The molecular weight excluding hydrogens is 319 g/mol. The van der Waals surface area contributed by atoms with Gasteiger partial charge in [0.25, 0.3) is 0 Å². The standard InChI is InChI=1S/C20H15FN2O2/c21-13-5-1-4-12(10-13)11-23-15-7-2-6-14(20(22)25)18(15)19-16(23)8-3-9-17(19)24/h1-10,24H,11H2,(H2,22,25). The number of primary amides is 1. The number of benzene rings is 3. The third-order valence-electron chi connectivity index (χ3n) is 4.39. The second kappa shape index (κ2) is 5.63. The highest BCUT2D eigenvalue weighted by molar-refractivity contribution is 6.19. The molecule has 0 unspecified atom stereocenters. The average Bonchev–Trinajstić information content (AvgIpc) is 2.90. The quantitative estimate of drug-likeness (QED) is 0.598. The van der Waals surface area contributed by atoms with E-state index in [9.17, 15) is 14.3 Å². The van der Waals surface area contributed by atoms with Crippen LogP contribution in [0.2, 0.25) is 0 Å². The number of fused-ring (bicyclic) bond motifs is 3. The molecule has 4 rings (SSSR count). The van der Waals surface area contributed by atoms with Gasteiger partial charge >= 0.3 is 0 Å². The van der Waals surface area contributed by atoms with Crippen molar-refractivity contribution in [2.75, 3.05) is 0 Å². The van der Waals surface area contributed by atoms with E-state index in [0.717, 1.165) is 16.6 Å². The van der Waals surface area contributed by atoms with Crippen LogP contribution in [0.1, 0.15) is 15.9 Å². The summed E-state index contributed by atoms with van der Waals surface area (Å²) in [7, 11) is 0. The number of nitrogens with zero attached hydrogens (tertiary/aromatic N) is 1. The number of rotatable bonds is 3. The molecule has 0 aliphatic carbocycles. The first-order chi connectivity index (χ1) is 12.1. The van der Waals surface area contributed by atoms with Gasteiger partial charge in [-0.2, -0.15) is 0 Å². The Morgan fingerprint density at radius 1 is 1.00 bits per heavy atom. The number of hydrogen-bond donors (Lipinski definition) is 2. The minimum absolute atomic E-state index is 0.0780. The molecule has 0 aliphatic rings. The maximum atomic E-state index is 13.5. The third kappa shape index (κ3) is 2.41. The largest absolute Gasteiger partial charge is 0.507 e. The van der Waals surface area contributed by atoms with Crippen LogP contribution in [0.4, 0.5) is 4.39 Å². The predicted octanol–water partition coefficient (Wildman–Crippen LogP) is 3.79. The van der Waals surface area contributed by atoms with Crippen molar-refractivity contribution in [3.8, 4) is 5.75 Å². The Balaban J connectivity index is 2.08.